The molecule has 1 aliphatic heterocycles. The van der Waals surface area contributed by atoms with Gasteiger partial charge in [0, 0.05) is 10.5 Å². The van der Waals surface area contributed by atoms with E-state index in [4.69, 9.17) is 5.11 Å². The van der Waals surface area contributed by atoms with Crippen molar-refractivity contribution in [2.75, 3.05) is 11.1 Å². The summed E-state index contributed by atoms with van der Waals surface area (Å²) in [7, 11) is 0. The molecule has 2 amide bonds. The van der Waals surface area contributed by atoms with E-state index in [1.165, 1.54) is 11.8 Å². The van der Waals surface area contributed by atoms with E-state index in [0.29, 0.717) is 17.0 Å². The standard InChI is InChI=1S/C14H14N2O4S/c17-11-6-21-10-4-3-8(5-9(10)15-11)13(18)16-12(14(19)20)7-1-2-7/h3-5,7,12H,1-2,6H2,(H,15,17)(H,16,18)(H,19,20). The van der Waals surface area contributed by atoms with Crippen molar-refractivity contribution in [1.82, 2.24) is 5.32 Å². The molecular formula is C14H14N2O4S. The summed E-state index contributed by atoms with van der Waals surface area (Å²) in [6, 6.07) is 4.16. The van der Waals surface area contributed by atoms with Gasteiger partial charge in [-0.15, -0.1) is 11.8 Å². The van der Waals surface area contributed by atoms with Crippen molar-refractivity contribution in [2.45, 2.75) is 23.8 Å². The van der Waals surface area contributed by atoms with Crippen LogP contribution in [0.3, 0.4) is 0 Å². The summed E-state index contributed by atoms with van der Waals surface area (Å²) in [5, 5.41) is 14.4. The van der Waals surface area contributed by atoms with E-state index in [9.17, 15) is 14.4 Å². The number of rotatable bonds is 4. The van der Waals surface area contributed by atoms with Gasteiger partial charge >= 0.3 is 5.97 Å². The maximum Gasteiger partial charge on any atom is 0.326 e. The average molecular weight is 306 g/mol. The van der Waals surface area contributed by atoms with Gasteiger partial charge in [0.2, 0.25) is 5.91 Å². The zero-order chi connectivity index (χ0) is 15.0. The van der Waals surface area contributed by atoms with Crippen molar-refractivity contribution in [3.63, 3.8) is 0 Å². The van der Waals surface area contributed by atoms with Gasteiger partial charge in [-0.2, -0.15) is 0 Å². The molecule has 0 radical (unpaired) electrons. The number of hydrogen-bond donors (Lipinski definition) is 3. The van der Waals surface area contributed by atoms with E-state index in [-0.39, 0.29) is 11.8 Å². The van der Waals surface area contributed by atoms with Crippen molar-refractivity contribution in [2.24, 2.45) is 5.92 Å². The monoisotopic (exact) mass is 306 g/mol. The fourth-order valence-corrected chi connectivity index (χ4v) is 3.05. The Kier molecular flexibility index (Phi) is 3.59. The first-order valence-electron chi connectivity index (χ1n) is 6.65. The van der Waals surface area contributed by atoms with Crippen molar-refractivity contribution in [1.29, 1.82) is 0 Å². The smallest absolute Gasteiger partial charge is 0.326 e. The number of carboxylic acids is 1. The second kappa shape index (κ2) is 5.40. The Balaban J connectivity index is 1.77. The number of nitrogens with one attached hydrogen (secondary N) is 2. The van der Waals surface area contributed by atoms with Crippen LogP contribution >= 0.6 is 11.8 Å². The number of fused-ring (bicyclic) bond motifs is 1. The second-order valence-corrected chi connectivity index (χ2v) is 6.19. The Bertz CT molecular complexity index is 627. The number of carboxylic acid groups (broad SMARTS) is 1. The Morgan fingerprint density at radius 3 is 2.81 bits per heavy atom. The molecular weight excluding hydrogens is 292 g/mol. The van der Waals surface area contributed by atoms with Crippen LogP contribution in [0.2, 0.25) is 0 Å². The molecule has 1 unspecified atom stereocenters. The molecule has 1 heterocycles. The highest BCUT2D eigenvalue weighted by atomic mass is 32.2. The molecule has 2 aliphatic rings. The van der Waals surface area contributed by atoms with E-state index in [1.807, 2.05) is 0 Å². The van der Waals surface area contributed by atoms with Crippen molar-refractivity contribution in [3.05, 3.63) is 23.8 Å². The van der Waals surface area contributed by atoms with Crippen molar-refractivity contribution >= 4 is 35.2 Å². The van der Waals surface area contributed by atoms with E-state index < -0.39 is 17.9 Å². The lowest BCUT2D eigenvalue weighted by Gasteiger charge is -2.18. The molecule has 0 bridgehead atoms. The lowest BCUT2D eigenvalue weighted by Crippen LogP contribution is -2.42. The molecule has 1 aromatic rings. The second-order valence-electron chi connectivity index (χ2n) is 5.17. The number of carbonyl (C=O) groups is 3. The number of anilines is 1. The normalized spacial score (nSPS) is 18.4. The van der Waals surface area contributed by atoms with Crippen LogP contribution in [0.25, 0.3) is 0 Å². The highest BCUT2D eigenvalue weighted by molar-refractivity contribution is 8.00. The number of amides is 2. The zero-order valence-corrected chi connectivity index (χ0v) is 11.9. The van der Waals surface area contributed by atoms with Gasteiger partial charge in [-0.05, 0) is 37.0 Å². The third-order valence-corrected chi connectivity index (χ3v) is 4.59. The molecule has 110 valence electrons. The van der Waals surface area contributed by atoms with Gasteiger partial charge in [-0.1, -0.05) is 0 Å². The van der Waals surface area contributed by atoms with Gasteiger partial charge in [0.25, 0.3) is 5.91 Å². The Hall–Kier alpha value is -2.02. The maximum absolute atomic E-state index is 12.2. The lowest BCUT2D eigenvalue weighted by atomic mass is 10.1. The van der Waals surface area contributed by atoms with Crippen LogP contribution in [0.1, 0.15) is 23.2 Å². The lowest BCUT2D eigenvalue weighted by molar-refractivity contribution is -0.139. The molecule has 6 nitrogen and oxygen atoms in total. The zero-order valence-electron chi connectivity index (χ0n) is 11.1. The largest absolute Gasteiger partial charge is 0.480 e. The van der Waals surface area contributed by atoms with Crippen LogP contribution in [0.5, 0.6) is 0 Å². The van der Waals surface area contributed by atoms with Gasteiger partial charge in [0.05, 0.1) is 11.4 Å². The van der Waals surface area contributed by atoms with Crippen LogP contribution in [-0.4, -0.2) is 34.7 Å². The molecule has 1 aromatic carbocycles. The van der Waals surface area contributed by atoms with Crippen molar-refractivity contribution < 1.29 is 19.5 Å². The molecule has 3 N–H and O–H groups in total. The fraction of sp³-hybridized carbons (Fsp3) is 0.357. The number of hydrogen-bond acceptors (Lipinski definition) is 4. The molecule has 1 atom stereocenters. The minimum Gasteiger partial charge on any atom is -0.480 e. The Morgan fingerprint density at radius 1 is 1.38 bits per heavy atom. The summed E-state index contributed by atoms with van der Waals surface area (Å²) >= 11 is 1.41. The summed E-state index contributed by atoms with van der Waals surface area (Å²) < 4.78 is 0. The first kappa shape index (κ1) is 13.9. The van der Waals surface area contributed by atoms with E-state index in [2.05, 4.69) is 10.6 Å². The summed E-state index contributed by atoms with van der Waals surface area (Å²) in [6.45, 7) is 0. The molecule has 21 heavy (non-hydrogen) atoms. The minimum atomic E-state index is -1.01. The van der Waals surface area contributed by atoms with Crippen LogP contribution in [0, 0.1) is 5.92 Å². The first-order valence-corrected chi connectivity index (χ1v) is 7.63. The van der Waals surface area contributed by atoms with E-state index >= 15 is 0 Å². The van der Waals surface area contributed by atoms with E-state index in [0.717, 1.165) is 17.7 Å². The van der Waals surface area contributed by atoms with Gasteiger partial charge < -0.3 is 15.7 Å². The maximum atomic E-state index is 12.2. The molecule has 1 aliphatic carbocycles. The highest BCUT2D eigenvalue weighted by Crippen LogP contribution is 2.34. The summed E-state index contributed by atoms with van der Waals surface area (Å²) in [5.74, 6) is -1.15. The minimum absolute atomic E-state index is 0.0272. The number of aliphatic carboxylic acids is 1. The van der Waals surface area contributed by atoms with Gasteiger partial charge in [-0.3, -0.25) is 9.59 Å². The highest BCUT2D eigenvalue weighted by Gasteiger charge is 2.37. The van der Waals surface area contributed by atoms with E-state index in [1.54, 1.807) is 18.2 Å². The van der Waals surface area contributed by atoms with Crippen LogP contribution < -0.4 is 10.6 Å². The summed E-state index contributed by atoms with van der Waals surface area (Å²) in [6.07, 6.45) is 1.66. The van der Waals surface area contributed by atoms with Crippen LogP contribution in [-0.2, 0) is 9.59 Å². The summed E-state index contributed by atoms with van der Waals surface area (Å²) in [5.41, 5.74) is 0.950. The molecule has 1 saturated carbocycles. The molecule has 0 spiro atoms. The Morgan fingerprint density at radius 2 is 2.14 bits per heavy atom. The Labute approximate surface area is 125 Å². The number of benzene rings is 1. The topological polar surface area (TPSA) is 95.5 Å². The number of thioether (sulfide) groups is 1. The SMILES string of the molecule is O=C1CSc2ccc(C(=O)NC(C(=O)O)C3CC3)cc2N1. The van der Waals surface area contributed by atoms with Crippen LogP contribution in [0.15, 0.2) is 23.1 Å². The predicted octanol–water partition coefficient (Wildman–Crippen LogP) is 1.32. The molecule has 0 aromatic heterocycles. The molecule has 0 saturated heterocycles. The first-order chi connectivity index (χ1) is 10.0. The predicted molar refractivity (Wildman–Crippen MR) is 77.4 cm³/mol. The summed E-state index contributed by atoms with van der Waals surface area (Å²) in [4.78, 5) is 35.6. The molecule has 3 rings (SSSR count). The third kappa shape index (κ3) is 3.02. The third-order valence-electron chi connectivity index (χ3n) is 3.52. The number of carbonyl (C=O) groups excluding carboxylic acids is 2. The average Bonchev–Trinajstić information content (AvgIpc) is 3.27. The van der Waals surface area contributed by atoms with Gasteiger partial charge in [0.1, 0.15) is 6.04 Å². The molecule has 1 fully saturated rings. The quantitative estimate of drug-likeness (QED) is 0.780. The molecule has 7 heteroatoms. The van der Waals surface area contributed by atoms with Crippen LogP contribution in [0.4, 0.5) is 5.69 Å². The van der Waals surface area contributed by atoms with Crippen molar-refractivity contribution in [3.8, 4) is 0 Å². The fourth-order valence-electron chi connectivity index (χ4n) is 2.26. The van der Waals surface area contributed by atoms with Gasteiger partial charge in [-0.25, -0.2) is 4.79 Å². The van der Waals surface area contributed by atoms with Gasteiger partial charge in [0.15, 0.2) is 0 Å².